The number of pyridine rings is 1. The highest BCUT2D eigenvalue weighted by Gasteiger charge is 2.10. The number of nitrogens with two attached hydrogens (primary N) is 1. The Bertz CT molecular complexity index is 613. The third-order valence-electron chi connectivity index (χ3n) is 3.36. The van der Waals surface area contributed by atoms with E-state index in [0.29, 0.717) is 17.7 Å². The molecule has 1 aromatic carbocycles. The van der Waals surface area contributed by atoms with E-state index in [4.69, 9.17) is 11.1 Å². The normalized spacial score (nSPS) is 10.8. The molecular weight excluding hydrogens is 267 g/mol. The van der Waals surface area contributed by atoms with Crippen molar-refractivity contribution in [1.29, 1.82) is 5.41 Å². The second kappa shape index (κ2) is 6.95. The molecule has 0 saturated heterocycles. The van der Waals surface area contributed by atoms with Crippen LogP contribution in [-0.2, 0) is 13.1 Å². The van der Waals surface area contributed by atoms with Gasteiger partial charge in [-0.05, 0) is 30.3 Å². The summed E-state index contributed by atoms with van der Waals surface area (Å²) in [7, 11) is 0. The Balaban J connectivity index is 2.10. The van der Waals surface area contributed by atoms with Gasteiger partial charge in [0.05, 0.1) is 0 Å². The first-order valence-corrected chi connectivity index (χ1v) is 6.84. The Morgan fingerprint density at radius 2 is 1.95 bits per heavy atom. The number of amidine groups is 1. The number of aromatic nitrogens is 1. The first kappa shape index (κ1) is 15.1. The van der Waals surface area contributed by atoms with Crippen molar-refractivity contribution in [3.8, 4) is 0 Å². The van der Waals surface area contributed by atoms with Crippen LogP contribution in [0.3, 0.4) is 0 Å². The van der Waals surface area contributed by atoms with E-state index < -0.39 is 0 Å². The third-order valence-corrected chi connectivity index (χ3v) is 3.36. The predicted molar refractivity (Wildman–Crippen MR) is 81.4 cm³/mol. The number of nitrogens with one attached hydrogen (secondary N) is 1. The molecule has 0 bridgehead atoms. The van der Waals surface area contributed by atoms with Crippen LogP contribution in [0.2, 0.25) is 0 Å². The van der Waals surface area contributed by atoms with Gasteiger partial charge in [-0.15, -0.1) is 0 Å². The monoisotopic (exact) mass is 286 g/mol. The maximum atomic E-state index is 14.1. The molecule has 1 aromatic heterocycles. The zero-order valence-electron chi connectivity index (χ0n) is 12.0. The first-order chi connectivity index (χ1) is 10.1. The standard InChI is InChI=1S/C16H19FN4/c1-2-21(10-12-5-7-20-8-6-12)11-14-4-3-13(16(18)19)9-15(14)17/h3-9H,2,10-11H2,1H3,(H3,18,19). The lowest BCUT2D eigenvalue weighted by molar-refractivity contribution is 0.267. The molecule has 1 heterocycles. The average molecular weight is 286 g/mol. The lowest BCUT2D eigenvalue weighted by Crippen LogP contribution is -2.23. The molecule has 2 rings (SSSR count). The molecule has 0 amide bonds. The van der Waals surface area contributed by atoms with E-state index in [1.165, 1.54) is 6.07 Å². The van der Waals surface area contributed by atoms with Crippen molar-refractivity contribution >= 4 is 5.84 Å². The number of hydrogen-bond acceptors (Lipinski definition) is 3. The van der Waals surface area contributed by atoms with Crippen LogP contribution < -0.4 is 5.73 Å². The minimum Gasteiger partial charge on any atom is -0.384 e. The summed E-state index contributed by atoms with van der Waals surface area (Å²) in [5.74, 6) is -0.444. The van der Waals surface area contributed by atoms with E-state index in [-0.39, 0.29) is 11.7 Å². The van der Waals surface area contributed by atoms with Gasteiger partial charge in [-0.2, -0.15) is 0 Å². The van der Waals surface area contributed by atoms with Gasteiger partial charge in [-0.1, -0.05) is 19.1 Å². The Labute approximate surface area is 123 Å². The van der Waals surface area contributed by atoms with Crippen molar-refractivity contribution in [3.05, 3.63) is 65.2 Å². The number of halogens is 1. The zero-order chi connectivity index (χ0) is 15.2. The van der Waals surface area contributed by atoms with Gasteiger partial charge >= 0.3 is 0 Å². The summed E-state index contributed by atoms with van der Waals surface area (Å²) >= 11 is 0. The Morgan fingerprint density at radius 1 is 1.24 bits per heavy atom. The maximum absolute atomic E-state index is 14.1. The molecule has 0 aliphatic carbocycles. The van der Waals surface area contributed by atoms with Crippen molar-refractivity contribution in [2.24, 2.45) is 5.73 Å². The second-order valence-corrected chi connectivity index (χ2v) is 4.88. The quantitative estimate of drug-likeness (QED) is 0.633. The van der Waals surface area contributed by atoms with Crippen LogP contribution in [0, 0.1) is 11.2 Å². The summed E-state index contributed by atoms with van der Waals surface area (Å²) in [6.07, 6.45) is 3.51. The van der Waals surface area contributed by atoms with E-state index in [9.17, 15) is 4.39 Å². The highest BCUT2D eigenvalue weighted by molar-refractivity contribution is 5.94. The van der Waals surface area contributed by atoms with Gasteiger partial charge in [-0.3, -0.25) is 15.3 Å². The fourth-order valence-electron chi connectivity index (χ4n) is 2.11. The largest absolute Gasteiger partial charge is 0.384 e. The molecule has 3 N–H and O–H groups in total. The molecule has 0 aliphatic heterocycles. The SMILES string of the molecule is CCN(Cc1ccncc1)Cc1ccc(C(=N)N)cc1F. The molecule has 0 unspecified atom stereocenters. The predicted octanol–water partition coefficient (Wildman–Crippen LogP) is 2.53. The fraction of sp³-hybridized carbons (Fsp3) is 0.250. The van der Waals surface area contributed by atoms with Crippen molar-refractivity contribution < 1.29 is 4.39 Å². The molecule has 0 aliphatic rings. The highest BCUT2D eigenvalue weighted by Crippen LogP contribution is 2.14. The molecule has 21 heavy (non-hydrogen) atoms. The highest BCUT2D eigenvalue weighted by atomic mass is 19.1. The number of rotatable bonds is 6. The minimum absolute atomic E-state index is 0.121. The molecule has 0 fully saturated rings. The summed E-state index contributed by atoms with van der Waals surface area (Å²) in [6.45, 7) is 4.12. The van der Waals surface area contributed by atoms with Crippen LogP contribution in [0.5, 0.6) is 0 Å². The topological polar surface area (TPSA) is 66.0 Å². The Kier molecular flexibility index (Phi) is 5.00. The minimum atomic E-state index is -0.323. The number of nitrogens with zero attached hydrogens (tertiary/aromatic N) is 2. The average Bonchev–Trinajstić information content (AvgIpc) is 2.49. The van der Waals surface area contributed by atoms with Gasteiger partial charge in [0, 0.05) is 36.6 Å². The van der Waals surface area contributed by atoms with Crippen LogP contribution in [0.1, 0.15) is 23.6 Å². The smallest absolute Gasteiger partial charge is 0.128 e. The number of benzene rings is 1. The van der Waals surface area contributed by atoms with Crippen molar-refractivity contribution in [2.75, 3.05) is 6.54 Å². The summed E-state index contributed by atoms with van der Waals surface area (Å²) in [6, 6.07) is 8.61. The zero-order valence-corrected chi connectivity index (χ0v) is 12.0. The third kappa shape index (κ3) is 4.10. The van der Waals surface area contributed by atoms with Crippen molar-refractivity contribution in [2.45, 2.75) is 20.0 Å². The van der Waals surface area contributed by atoms with Crippen LogP contribution in [0.15, 0.2) is 42.7 Å². The first-order valence-electron chi connectivity index (χ1n) is 6.84. The summed E-state index contributed by atoms with van der Waals surface area (Å²) < 4.78 is 14.1. The Hall–Kier alpha value is -2.27. The van der Waals surface area contributed by atoms with Gasteiger partial charge in [-0.25, -0.2) is 4.39 Å². The fourth-order valence-corrected chi connectivity index (χ4v) is 2.11. The maximum Gasteiger partial charge on any atom is 0.128 e. The van der Waals surface area contributed by atoms with Gasteiger partial charge in [0.1, 0.15) is 11.7 Å². The van der Waals surface area contributed by atoms with Crippen molar-refractivity contribution in [3.63, 3.8) is 0 Å². The van der Waals surface area contributed by atoms with E-state index in [1.807, 2.05) is 19.1 Å². The Morgan fingerprint density at radius 3 is 2.52 bits per heavy atom. The van der Waals surface area contributed by atoms with E-state index >= 15 is 0 Å². The summed E-state index contributed by atoms with van der Waals surface area (Å²) in [5, 5.41) is 7.32. The molecular formula is C16H19FN4. The summed E-state index contributed by atoms with van der Waals surface area (Å²) in [5.41, 5.74) is 7.53. The summed E-state index contributed by atoms with van der Waals surface area (Å²) in [4.78, 5) is 6.13. The van der Waals surface area contributed by atoms with Crippen molar-refractivity contribution in [1.82, 2.24) is 9.88 Å². The van der Waals surface area contributed by atoms with E-state index in [2.05, 4.69) is 9.88 Å². The van der Waals surface area contributed by atoms with Crippen LogP contribution >= 0.6 is 0 Å². The molecule has 0 saturated carbocycles. The lowest BCUT2D eigenvalue weighted by atomic mass is 10.1. The van der Waals surface area contributed by atoms with Crippen LogP contribution in [0.4, 0.5) is 4.39 Å². The molecule has 110 valence electrons. The van der Waals surface area contributed by atoms with E-state index in [0.717, 1.165) is 18.7 Å². The number of nitrogen functional groups attached to an aromatic ring is 1. The molecule has 5 heteroatoms. The second-order valence-electron chi connectivity index (χ2n) is 4.88. The van der Waals surface area contributed by atoms with Gasteiger partial charge < -0.3 is 5.73 Å². The molecule has 0 radical (unpaired) electrons. The number of hydrogen-bond donors (Lipinski definition) is 2. The van der Waals surface area contributed by atoms with Crippen LogP contribution in [-0.4, -0.2) is 22.3 Å². The lowest BCUT2D eigenvalue weighted by Gasteiger charge is -2.21. The van der Waals surface area contributed by atoms with Crippen LogP contribution in [0.25, 0.3) is 0 Å². The van der Waals surface area contributed by atoms with Gasteiger partial charge in [0.15, 0.2) is 0 Å². The molecule has 0 spiro atoms. The van der Waals surface area contributed by atoms with Gasteiger partial charge in [0.25, 0.3) is 0 Å². The van der Waals surface area contributed by atoms with E-state index in [1.54, 1.807) is 24.5 Å². The molecule has 4 nitrogen and oxygen atoms in total. The molecule has 0 atom stereocenters. The molecule has 2 aromatic rings. The van der Waals surface area contributed by atoms with Gasteiger partial charge in [0.2, 0.25) is 0 Å².